The molecule has 0 unspecified atom stereocenters. The van der Waals surface area contributed by atoms with Crippen LogP contribution in [0, 0.1) is 13.8 Å². The maximum absolute atomic E-state index is 12.5. The number of nitrogens with one attached hydrogen (secondary N) is 1. The Hall–Kier alpha value is -2.31. The van der Waals surface area contributed by atoms with E-state index < -0.39 is 0 Å². The SMILES string of the molecule is Cc1cc(Br)ccc1N=C1NC(=O)C(=Cc2c(C)n(C)c3ccccc23)S1. The molecule has 1 N–H and O–H groups in total. The van der Waals surface area contributed by atoms with E-state index in [-0.39, 0.29) is 5.91 Å². The standard InChI is InChI=1S/C21H18BrN3OS/c1-12-10-14(22)8-9-17(12)23-21-24-20(26)19(27-21)11-16-13(2)25(3)18-7-5-4-6-15(16)18/h4-11H,1-3H3,(H,23,24,26). The summed E-state index contributed by atoms with van der Waals surface area (Å²) in [5.41, 5.74) is 5.26. The summed E-state index contributed by atoms with van der Waals surface area (Å²) in [7, 11) is 2.05. The van der Waals surface area contributed by atoms with Crippen molar-refractivity contribution in [2.75, 3.05) is 0 Å². The Morgan fingerprint density at radius 2 is 1.96 bits per heavy atom. The van der Waals surface area contributed by atoms with Crippen LogP contribution in [0.25, 0.3) is 17.0 Å². The van der Waals surface area contributed by atoms with Crippen LogP contribution in [-0.4, -0.2) is 15.6 Å². The summed E-state index contributed by atoms with van der Waals surface area (Å²) >= 11 is 4.84. The van der Waals surface area contributed by atoms with Crippen molar-refractivity contribution in [1.82, 2.24) is 9.88 Å². The van der Waals surface area contributed by atoms with Gasteiger partial charge in [0.1, 0.15) is 0 Å². The minimum atomic E-state index is -0.110. The van der Waals surface area contributed by atoms with Crippen LogP contribution >= 0.6 is 27.7 Å². The molecule has 0 aliphatic carbocycles. The topological polar surface area (TPSA) is 46.4 Å². The van der Waals surface area contributed by atoms with Crippen molar-refractivity contribution in [1.29, 1.82) is 0 Å². The summed E-state index contributed by atoms with van der Waals surface area (Å²) in [6.07, 6.45) is 1.97. The molecule has 0 spiro atoms. The van der Waals surface area contributed by atoms with Crippen LogP contribution in [0.2, 0.25) is 0 Å². The average molecular weight is 440 g/mol. The van der Waals surface area contributed by atoms with Crippen LogP contribution in [0.1, 0.15) is 16.8 Å². The predicted octanol–water partition coefficient (Wildman–Crippen LogP) is 5.45. The van der Waals surface area contributed by atoms with E-state index in [9.17, 15) is 4.79 Å². The van der Waals surface area contributed by atoms with Crippen molar-refractivity contribution in [3.63, 3.8) is 0 Å². The number of benzene rings is 2. The first-order valence-electron chi connectivity index (χ1n) is 8.54. The smallest absolute Gasteiger partial charge is 0.264 e. The third-order valence-corrected chi connectivity index (χ3v) is 6.16. The quantitative estimate of drug-likeness (QED) is 0.539. The minimum Gasteiger partial charge on any atom is -0.347 e. The first-order valence-corrected chi connectivity index (χ1v) is 10.1. The van der Waals surface area contributed by atoms with Crippen molar-refractivity contribution in [3.05, 3.63) is 68.7 Å². The number of amides is 1. The van der Waals surface area contributed by atoms with Crippen LogP contribution in [0.4, 0.5) is 5.69 Å². The maximum atomic E-state index is 12.5. The number of hydrogen-bond acceptors (Lipinski definition) is 3. The molecular weight excluding hydrogens is 422 g/mol. The zero-order chi connectivity index (χ0) is 19.1. The molecular formula is C21H18BrN3OS. The molecule has 6 heteroatoms. The van der Waals surface area contributed by atoms with E-state index >= 15 is 0 Å². The normalized spacial score (nSPS) is 17.3. The molecule has 1 aliphatic heterocycles. The van der Waals surface area contributed by atoms with Gasteiger partial charge in [-0.25, -0.2) is 4.99 Å². The second-order valence-electron chi connectivity index (χ2n) is 6.49. The fourth-order valence-electron chi connectivity index (χ4n) is 3.20. The van der Waals surface area contributed by atoms with E-state index in [0.717, 1.165) is 37.9 Å². The zero-order valence-electron chi connectivity index (χ0n) is 15.2. The molecule has 4 nitrogen and oxygen atoms in total. The van der Waals surface area contributed by atoms with Gasteiger partial charge in [0, 0.05) is 33.7 Å². The lowest BCUT2D eigenvalue weighted by Crippen LogP contribution is -2.19. The predicted molar refractivity (Wildman–Crippen MR) is 117 cm³/mol. The molecule has 1 fully saturated rings. The van der Waals surface area contributed by atoms with Gasteiger partial charge in [0.05, 0.1) is 10.6 Å². The number of thioether (sulfide) groups is 1. The van der Waals surface area contributed by atoms with Gasteiger partial charge in [-0.15, -0.1) is 0 Å². The number of carbonyl (C=O) groups is 1. The highest BCUT2D eigenvalue weighted by Gasteiger charge is 2.25. The number of halogens is 1. The van der Waals surface area contributed by atoms with Crippen molar-refractivity contribution in [2.24, 2.45) is 12.0 Å². The van der Waals surface area contributed by atoms with Gasteiger partial charge in [-0.2, -0.15) is 0 Å². The third kappa shape index (κ3) is 3.35. The Balaban J connectivity index is 1.71. The van der Waals surface area contributed by atoms with Crippen molar-refractivity contribution in [2.45, 2.75) is 13.8 Å². The molecule has 27 heavy (non-hydrogen) atoms. The van der Waals surface area contributed by atoms with Gasteiger partial charge in [0.15, 0.2) is 5.17 Å². The zero-order valence-corrected chi connectivity index (χ0v) is 17.6. The highest BCUT2D eigenvalue weighted by Crippen LogP contribution is 2.33. The Bertz CT molecular complexity index is 1140. The fourth-order valence-corrected chi connectivity index (χ4v) is 4.49. The van der Waals surface area contributed by atoms with Gasteiger partial charge in [0.2, 0.25) is 0 Å². The van der Waals surface area contributed by atoms with Crippen LogP contribution in [0.5, 0.6) is 0 Å². The second-order valence-corrected chi connectivity index (χ2v) is 8.43. The number of aliphatic imine (C=N–C) groups is 1. The molecule has 0 atom stereocenters. The molecule has 2 aromatic carbocycles. The lowest BCUT2D eigenvalue weighted by atomic mass is 10.1. The highest BCUT2D eigenvalue weighted by atomic mass is 79.9. The Morgan fingerprint density at radius 1 is 1.19 bits per heavy atom. The lowest BCUT2D eigenvalue weighted by molar-refractivity contribution is -0.115. The summed E-state index contributed by atoms with van der Waals surface area (Å²) in [5.74, 6) is -0.110. The monoisotopic (exact) mass is 439 g/mol. The van der Waals surface area contributed by atoms with E-state index in [1.165, 1.54) is 11.8 Å². The first-order chi connectivity index (χ1) is 12.9. The van der Waals surface area contributed by atoms with Crippen LogP contribution in [0.15, 0.2) is 56.8 Å². The first kappa shape index (κ1) is 18.1. The Labute approximate surface area is 170 Å². The van der Waals surface area contributed by atoms with Gasteiger partial charge >= 0.3 is 0 Å². The van der Waals surface area contributed by atoms with Gasteiger partial charge in [-0.3, -0.25) is 4.79 Å². The van der Waals surface area contributed by atoms with Crippen molar-refractivity contribution >= 4 is 61.4 Å². The Morgan fingerprint density at radius 3 is 2.74 bits per heavy atom. The summed E-state index contributed by atoms with van der Waals surface area (Å²) in [6.45, 7) is 4.08. The summed E-state index contributed by atoms with van der Waals surface area (Å²) in [5, 5.41) is 4.63. The average Bonchev–Trinajstić information content (AvgIpc) is 3.10. The number of hydrogen-bond donors (Lipinski definition) is 1. The molecule has 136 valence electrons. The van der Waals surface area contributed by atoms with Crippen LogP contribution in [0.3, 0.4) is 0 Å². The van der Waals surface area contributed by atoms with E-state index in [0.29, 0.717) is 10.1 Å². The fraction of sp³-hybridized carbons (Fsp3) is 0.143. The van der Waals surface area contributed by atoms with Crippen LogP contribution in [-0.2, 0) is 11.8 Å². The van der Waals surface area contributed by atoms with Gasteiger partial charge in [0.25, 0.3) is 5.91 Å². The number of aromatic nitrogens is 1. The number of nitrogens with zero attached hydrogens (tertiary/aromatic N) is 2. The molecule has 4 rings (SSSR count). The molecule has 1 amide bonds. The van der Waals surface area contributed by atoms with Crippen molar-refractivity contribution < 1.29 is 4.79 Å². The van der Waals surface area contributed by atoms with Gasteiger partial charge in [-0.1, -0.05) is 34.1 Å². The Kier molecular flexibility index (Phi) is 4.70. The molecule has 0 radical (unpaired) electrons. The van der Waals surface area contributed by atoms with Crippen LogP contribution < -0.4 is 5.32 Å². The summed E-state index contributed by atoms with van der Waals surface area (Å²) in [4.78, 5) is 17.7. The minimum absolute atomic E-state index is 0.110. The lowest BCUT2D eigenvalue weighted by Gasteiger charge is -2.01. The third-order valence-electron chi connectivity index (χ3n) is 4.76. The molecule has 3 aromatic rings. The summed E-state index contributed by atoms with van der Waals surface area (Å²) < 4.78 is 3.17. The number of para-hydroxylation sites is 1. The number of amidine groups is 1. The van der Waals surface area contributed by atoms with E-state index in [2.05, 4.69) is 49.9 Å². The van der Waals surface area contributed by atoms with E-state index in [1.54, 1.807) is 0 Å². The molecule has 1 saturated heterocycles. The van der Waals surface area contributed by atoms with Gasteiger partial charge < -0.3 is 9.88 Å². The second kappa shape index (κ2) is 7.02. The van der Waals surface area contributed by atoms with Gasteiger partial charge in [-0.05, 0) is 61.5 Å². The van der Waals surface area contributed by atoms with E-state index in [1.807, 2.05) is 50.4 Å². The molecule has 1 aliphatic rings. The summed E-state index contributed by atoms with van der Waals surface area (Å²) in [6, 6.07) is 14.1. The molecule has 0 bridgehead atoms. The highest BCUT2D eigenvalue weighted by molar-refractivity contribution is 9.10. The number of fused-ring (bicyclic) bond motifs is 1. The molecule has 1 aromatic heterocycles. The largest absolute Gasteiger partial charge is 0.347 e. The molecule has 2 heterocycles. The molecule has 0 saturated carbocycles. The van der Waals surface area contributed by atoms with E-state index in [4.69, 9.17) is 0 Å². The number of rotatable bonds is 2. The number of aryl methyl sites for hydroxylation is 2. The van der Waals surface area contributed by atoms with Crippen molar-refractivity contribution in [3.8, 4) is 0 Å². The maximum Gasteiger partial charge on any atom is 0.264 e. The number of carbonyl (C=O) groups excluding carboxylic acids is 1.